The smallest absolute Gasteiger partial charge is 0.458 e. The van der Waals surface area contributed by atoms with Crippen molar-refractivity contribution in [3.8, 4) is 11.1 Å². The third-order valence-electron chi connectivity index (χ3n) is 4.67. The summed E-state index contributed by atoms with van der Waals surface area (Å²) in [7, 11) is -3.99. The van der Waals surface area contributed by atoms with Gasteiger partial charge in [-0.2, -0.15) is 13.2 Å². The first-order chi connectivity index (χ1) is 14.8. The first-order valence-corrected chi connectivity index (χ1v) is 11.1. The molecule has 0 amide bonds. The molecule has 0 saturated carbocycles. The topological polar surface area (TPSA) is 101 Å². The summed E-state index contributed by atoms with van der Waals surface area (Å²) < 4.78 is 67.1. The van der Waals surface area contributed by atoms with Crippen molar-refractivity contribution in [2.75, 3.05) is 13.2 Å². The van der Waals surface area contributed by atoms with Gasteiger partial charge in [-0.15, -0.1) is 0 Å². The van der Waals surface area contributed by atoms with Gasteiger partial charge in [-0.05, 0) is 35.4 Å². The van der Waals surface area contributed by atoms with Crippen LogP contribution in [0.15, 0.2) is 47.5 Å². The molecule has 11 heteroatoms. The highest BCUT2D eigenvalue weighted by atomic mass is 32.2. The Morgan fingerprint density at radius 2 is 1.78 bits per heavy atom. The van der Waals surface area contributed by atoms with E-state index in [1.807, 2.05) is 12.1 Å². The van der Waals surface area contributed by atoms with Gasteiger partial charge in [0.1, 0.15) is 12.3 Å². The maximum atomic E-state index is 12.4. The number of benzene rings is 1. The summed E-state index contributed by atoms with van der Waals surface area (Å²) in [4.78, 5) is 18.2. The number of rotatable bonds is 6. The van der Waals surface area contributed by atoms with Crippen LogP contribution < -0.4 is 4.72 Å². The number of halogens is 3. The molecule has 0 saturated heterocycles. The number of carbonyl (C=O) groups excluding carboxylic acids is 1. The van der Waals surface area contributed by atoms with Crippen LogP contribution in [0.5, 0.6) is 0 Å². The highest BCUT2D eigenvalue weighted by Gasteiger charge is 2.40. The second-order valence-corrected chi connectivity index (χ2v) is 9.88. The molecule has 0 bridgehead atoms. The molecular weight excluding hydrogens is 447 g/mol. The van der Waals surface area contributed by atoms with Gasteiger partial charge in [-0.1, -0.05) is 32.9 Å². The van der Waals surface area contributed by atoms with Crippen LogP contribution in [0.1, 0.15) is 26.5 Å². The SMILES string of the molecule is CC(C)(C)c1cc2c(-c3ccc(S(=O)(=O)NCCOC(=O)C(F)(F)F)cc3)ccnc2[nH]1. The molecule has 0 unspecified atom stereocenters. The van der Waals surface area contributed by atoms with Gasteiger partial charge in [-0.3, -0.25) is 0 Å². The van der Waals surface area contributed by atoms with Crippen LogP contribution in [0, 0.1) is 0 Å². The Balaban J connectivity index is 1.75. The fourth-order valence-corrected chi connectivity index (χ4v) is 3.99. The van der Waals surface area contributed by atoms with Gasteiger partial charge in [0.15, 0.2) is 0 Å². The Labute approximate surface area is 183 Å². The molecule has 2 N–H and O–H groups in total. The summed E-state index contributed by atoms with van der Waals surface area (Å²) in [6.45, 7) is 5.00. The van der Waals surface area contributed by atoms with Gasteiger partial charge in [-0.25, -0.2) is 22.9 Å². The number of sulfonamides is 1. The summed E-state index contributed by atoms with van der Waals surface area (Å²) in [6.07, 6.45) is -3.46. The van der Waals surface area contributed by atoms with Crippen LogP contribution in [0.2, 0.25) is 0 Å². The third-order valence-corrected chi connectivity index (χ3v) is 6.15. The lowest BCUT2D eigenvalue weighted by Crippen LogP contribution is -2.31. The van der Waals surface area contributed by atoms with E-state index in [1.165, 1.54) is 12.1 Å². The van der Waals surface area contributed by atoms with E-state index in [-0.39, 0.29) is 10.3 Å². The lowest BCUT2D eigenvalue weighted by molar-refractivity contribution is -0.199. The zero-order chi connectivity index (χ0) is 23.7. The van der Waals surface area contributed by atoms with Crippen LogP contribution in [-0.4, -0.2) is 43.7 Å². The Bertz CT molecular complexity index is 1230. The van der Waals surface area contributed by atoms with E-state index in [9.17, 15) is 26.4 Å². The molecule has 0 fully saturated rings. The summed E-state index contributed by atoms with van der Waals surface area (Å²) in [5.41, 5.74) is 3.28. The normalized spacial score (nSPS) is 12.8. The number of esters is 1. The predicted octanol–water partition coefficient (Wildman–Crippen LogP) is 3.91. The average Bonchev–Trinajstić information content (AvgIpc) is 3.15. The van der Waals surface area contributed by atoms with E-state index >= 15 is 0 Å². The van der Waals surface area contributed by atoms with Crippen LogP contribution in [0.3, 0.4) is 0 Å². The van der Waals surface area contributed by atoms with Gasteiger partial charge in [0.25, 0.3) is 0 Å². The lowest BCUT2D eigenvalue weighted by Gasteiger charge is -2.15. The van der Waals surface area contributed by atoms with Crippen molar-refractivity contribution >= 4 is 27.0 Å². The van der Waals surface area contributed by atoms with Crippen molar-refractivity contribution in [3.05, 3.63) is 48.3 Å². The number of hydrogen-bond acceptors (Lipinski definition) is 5. The summed E-state index contributed by atoms with van der Waals surface area (Å²) >= 11 is 0. The number of nitrogens with zero attached hydrogens (tertiary/aromatic N) is 1. The van der Waals surface area contributed by atoms with E-state index in [1.54, 1.807) is 18.3 Å². The van der Waals surface area contributed by atoms with E-state index < -0.39 is 35.3 Å². The number of carbonyl (C=O) groups is 1. The quantitative estimate of drug-likeness (QED) is 0.421. The lowest BCUT2D eigenvalue weighted by atomic mass is 9.92. The number of ether oxygens (including phenoxy) is 1. The molecule has 1 aromatic carbocycles. The second kappa shape index (κ2) is 8.55. The molecule has 0 spiro atoms. The fourth-order valence-electron chi connectivity index (χ4n) is 2.98. The Kier molecular flexibility index (Phi) is 6.34. The van der Waals surface area contributed by atoms with Crippen LogP contribution >= 0.6 is 0 Å². The molecule has 172 valence electrons. The van der Waals surface area contributed by atoms with E-state index in [4.69, 9.17) is 0 Å². The van der Waals surface area contributed by atoms with Crippen molar-refractivity contribution in [2.24, 2.45) is 0 Å². The molecule has 3 rings (SSSR count). The van der Waals surface area contributed by atoms with Crippen molar-refractivity contribution in [1.29, 1.82) is 0 Å². The number of nitrogens with one attached hydrogen (secondary N) is 2. The molecule has 2 heterocycles. The van der Waals surface area contributed by atoms with Crippen LogP contribution in [0.4, 0.5) is 13.2 Å². The zero-order valence-electron chi connectivity index (χ0n) is 17.6. The van der Waals surface area contributed by atoms with Crippen molar-refractivity contribution in [3.63, 3.8) is 0 Å². The number of aromatic amines is 1. The molecule has 0 aliphatic heterocycles. The largest absolute Gasteiger partial charge is 0.490 e. The molecular formula is C21H22F3N3O4S. The Morgan fingerprint density at radius 1 is 1.12 bits per heavy atom. The van der Waals surface area contributed by atoms with Gasteiger partial charge in [0.2, 0.25) is 10.0 Å². The summed E-state index contributed by atoms with van der Waals surface area (Å²) in [5.74, 6) is -2.37. The fraction of sp³-hybridized carbons (Fsp3) is 0.333. The highest BCUT2D eigenvalue weighted by molar-refractivity contribution is 7.89. The molecule has 7 nitrogen and oxygen atoms in total. The van der Waals surface area contributed by atoms with Gasteiger partial charge in [0.05, 0.1) is 4.90 Å². The number of aromatic nitrogens is 2. The Morgan fingerprint density at radius 3 is 2.38 bits per heavy atom. The minimum absolute atomic E-state index is 0.0712. The number of fused-ring (bicyclic) bond motifs is 1. The predicted molar refractivity (Wildman–Crippen MR) is 112 cm³/mol. The van der Waals surface area contributed by atoms with Crippen molar-refractivity contribution in [1.82, 2.24) is 14.7 Å². The van der Waals surface area contributed by atoms with Crippen molar-refractivity contribution < 1.29 is 31.1 Å². The zero-order valence-corrected chi connectivity index (χ0v) is 18.4. The number of pyridine rings is 1. The average molecular weight is 469 g/mol. The number of hydrogen-bond donors (Lipinski definition) is 2. The van der Waals surface area contributed by atoms with E-state index in [0.717, 1.165) is 27.9 Å². The van der Waals surface area contributed by atoms with Gasteiger partial charge < -0.3 is 9.72 Å². The maximum absolute atomic E-state index is 12.4. The first-order valence-electron chi connectivity index (χ1n) is 9.61. The van der Waals surface area contributed by atoms with Crippen LogP contribution in [-0.2, 0) is 25.0 Å². The molecule has 0 radical (unpaired) electrons. The standard InChI is InChI=1S/C21H22F3N3O4S/c1-20(2,3)17-12-16-15(8-9-25-18(16)27-17)13-4-6-14(7-5-13)32(29,30)26-10-11-31-19(28)21(22,23)24/h4-9,12,26H,10-11H2,1-3H3,(H,25,27). The first kappa shape index (κ1) is 23.7. The molecule has 0 atom stereocenters. The monoisotopic (exact) mass is 469 g/mol. The molecule has 0 aliphatic rings. The minimum Gasteiger partial charge on any atom is -0.458 e. The molecule has 3 aromatic rings. The number of H-pyrrole nitrogens is 1. The summed E-state index contributed by atoms with van der Waals surface area (Å²) in [5, 5.41) is 0.901. The van der Waals surface area contributed by atoms with E-state index in [0.29, 0.717) is 0 Å². The molecule has 0 aliphatic carbocycles. The van der Waals surface area contributed by atoms with Gasteiger partial charge >= 0.3 is 12.1 Å². The van der Waals surface area contributed by atoms with Crippen LogP contribution in [0.25, 0.3) is 22.2 Å². The number of alkyl halides is 3. The highest BCUT2D eigenvalue weighted by Crippen LogP contribution is 2.32. The molecule has 2 aromatic heterocycles. The van der Waals surface area contributed by atoms with E-state index in [2.05, 4.69) is 40.2 Å². The van der Waals surface area contributed by atoms with Gasteiger partial charge in [0, 0.05) is 29.2 Å². The second-order valence-electron chi connectivity index (χ2n) is 8.11. The maximum Gasteiger partial charge on any atom is 0.490 e. The third kappa shape index (κ3) is 5.28. The van der Waals surface area contributed by atoms with Crippen molar-refractivity contribution in [2.45, 2.75) is 37.3 Å². The Hall–Kier alpha value is -2.92. The molecule has 32 heavy (non-hydrogen) atoms. The minimum atomic E-state index is -5.12. The summed E-state index contributed by atoms with van der Waals surface area (Å²) in [6, 6.07) is 9.91.